The van der Waals surface area contributed by atoms with Gasteiger partial charge in [-0.25, -0.2) is 0 Å². The fourth-order valence-electron chi connectivity index (χ4n) is 4.17. The number of phenolic OH excluding ortho intramolecular Hbond substituents is 1. The minimum atomic E-state index is -3.39. The number of imide groups is 1. The highest BCUT2D eigenvalue weighted by Crippen LogP contribution is 2.37. The first kappa shape index (κ1) is 27.5. The first-order chi connectivity index (χ1) is 15.9. The van der Waals surface area contributed by atoms with Crippen LogP contribution in [0.2, 0.25) is 0 Å². The Morgan fingerprint density at radius 1 is 1.03 bits per heavy atom. The maximum Gasteiger partial charge on any atom is 0.265 e. The number of rotatable bonds is 11. The predicted molar refractivity (Wildman–Crippen MR) is 127 cm³/mol. The van der Waals surface area contributed by atoms with E-state index < -0.39 is 49.9 Å². The van der Waals surface area contributed by atoms with E-state index in [0.29, 0.717) is 6.42 Å². The molecule has 1 heterocycles. The predicted octanol–water partition coefficient (Wildman–Crippen LogP) is 1.76. The third kappa shape index (κ3) is 6.24. The number of nitrogens with one attached hydrogen (secondary N) is 2. The zero-order chi connectivity index (χ0) is 25.7. The number of amides is 4. The summed E-state index contributed by atoms with van der Waals surface area (Å²) in [6.45, 7) is 7.04. The molecule has 0 spiro atoms. The number of phenols is 1. The third-order valence-electron chi connectivity index (χ3n) is 5.81. The smallest absolute Gasteiger partial charge is 0.265 e. The van der Waals surface area contributed by atoms with E-state index in [1.807, 2.05) is 27.7 Å². The molecule has 34 heavy (non-hydrogen) atoms. The molecule has 0 radical (unpaired) electrons. The van der Waals surface area contributed by atoms with E-state index in [9.17, 15) is 33.7 Å². The number of fused-ring (bicyclic) bond motifs is 1. The van der Waals surface area contributed by atoms with Crippen molar-refractivity contribution in [3.8, 4) is 5.75 Å². The highest BCUT2D eigenvalue weighted by Gasteiger charge is 2.43. The van der Waals surface area contributed by atoms with Crippen LogP contribution in [0.3, 0.4) is 0 Å². The van der Waals surface area contributed by atoms with E-state index in [1.165, 1.54) is 25.2 Å². The number of hydrogen-bond acceptors (Lipinski definition) is 6. The third-order valence-corrected chi connectivity index (χ3v) is 7.03. The molecule has 10 nitrogen and oxygen atoms in total. The lowest BCUT2D eigenvalue weighted by Gasteiger charge is -2.30. The maximum atomic E-state index is 13.3. The SMILES string of the molecule is CNC(=O)[C@H](CC(C)C)NC(=O)C(CC(C)C)C(CN1C(=O)c2cccc(O)c2C1=O)[PH](=O)O. The summed E-state index contributed by atoms with van der Waals surface area (Å²) in [5, 5.41) is 15.3. The van der Waals surface area contributed by atoms with Crippen molar-refractivity contribution in [1.82, 2.24) is 15.5 Å². The van der Waals surface area contributed by atoms with Crippen molar-refractivity contribution in [3.05, 3.63) is 29.3 Å². The van der Waals surface area contributed by atoms with Gasteiger partial charge in [0, 0.05) is 13.6 Å². The van der Waals surface area contributed by atoms with Gasteiger partial charge in [-0.05, 0) is 36.8 Å². The Morgan fingerprint density at radius 2 is 1.65 bits per heavy atom. The van der Waals surface area contributed by atoms with Crippen molar-refractivity contribution in [2.45, 2.75) is 52.2 Å². The molecule has 4 amide bonds. The Morgan fingerprint density at radius 3 is 2.15 bits per heavy atom. The molecule has 11 heteroatoms. The van der Waals surface area contributed by atoms with Gasteiger partial charge in [-0.3, -0.25) is 28.6 Å². The molecule has 0 saturated heterocycles. The Kier molecular flexibility index (Phi) is 9.41. The summed E-state index contributed by atoms with van der Waals surface area (Å²) >= 11 is 0. The van der Waals surface area contributed by atoms with Gasteiger partial charge in [0.15, 0.2) is 8.03 Å². The average molecular weight is 496 g/mol. The topological polar surface area (TPSA) is 153 Å². The molecular formula is C23H34N3O7P. The van der Waals surface area contributed by atoms with Crippen LogP contribution in [-0.2, 0) is 14.2 Å². The van der Waals surface area contributed by atoms with E-state index in [-0.39, 0.29) is 41.0 Å². The summed E-state index contributed by atoms with van der Waals surface area (Å²) in [5.74, 6) is -3.76. The molecule has 2 rings (SSSR count). The molecule has 0 bridgehead atoms. The zero-order valence-corrected chi connectivity index (χ0v) is 21.1. The van der Waals surface area contributed by atoms with Gasteiger partial charge in [0.2, 0.25) is 11.8 Å². The maximum absolute atomic E-state index is 13.3. The van der Waals surface area contributed by atoms with Crippen LogP contribution in [0, 0.1) is 17.8 Å². The second kappa shape index (κ2) is 11.6. The summed E-state index contributed by atoms with van der Waals surface area (Å²) in [5.41, 5.74) is -1.38. The molecule has 1 aromatic carbocycles. The van der Waals surface area contributed by atoms with E-state index >= 15 is 0 Å². The standard InChI is InChI=1S/C23H34N3O7P/c1-12(2)9-15(20(28)25-16(10-13(3)4)21(29)24-5)18(34(32)33)11-26-22(30)14-7-6-8-17(27)19(14)23(26)31/h6-8,12-13,15-16,18,27,34H,9-11H2,1-5H3,(H,24,29)(H,25,28)(H,32,33)/t15?,16-,18?/m0/s1. The normalized spacial score (nSPS) is 16.9. The van der Waals surface area contributed by atoms with Crippen molar-refractivity contribution in [3.63, 3.8) is 0 Å². The van der Waals surface area contributed by atoms with Crippen molar-refractivity contribution in [1.29, 1.82) is 0 Å². The van der Waals surface area contributed by atoms with Crippen LogP contribution in [0.25, 0.3) is 0 Å². The van der Waals surface area contributed by atoms with E-state index in [0.717, 1.165) is 4.90 Å². The van der Waals surface area contributed by atoms with Gasteiger partial charge in [-0.15, -0.1) is 0 Å². The second-order valence-corrected chi connectivity index (χ2v) is 10.8. The highest BCUT2D eigenvalue weighted by atomic mass is 31.1. The van der Waals surface area contributed by atoms with E-state index in [4.69, 9.17) is 0 Å². The molecule has 4 N–H and O–H groups in total. The fourth-order valence-corrected chi connectivity index (χ4v) is 5.14. The minimum Gasteiger partial charge on any atom is -0.507 e. The van der Waals surface area contributed by atoms with Crippen LogP contribution in [-0.4, -0.2) is 63.8 Å². The number of benzene rings is 1. The van der Waals surface area contributed by atoms with Crippen molar-refractivity contribution in [2.75, 3.05) is 13.6 Å². The lowest BCUT2D eigenvalue weighted by atomic mass is 9.91. The van der Waals surface area contributed by atoms with Crippen LogP contribution in [0.5, 0.6) is 5.75 Å². The van der Waals surface area contributed by atoms with Crippen molar-refractivity contribution in [2.24, 2.45) is 17.8 Å². The quantitative estimate of drug-likeness (QED) is 0.270. The molecule has 4 atom stereocenters. The van der Waals surface area contributed by atoms with Gasteiger partial charge < -0.3 is 20.6 Å². The molecular weight excluding hydrogens is 461 g/mol. The number of carbonyl (C=O) groups excluding carboxylic acids is 4. The Balaban J connectivity index is 2.35. The van der Waals surface area contributed by atoms with Crippen LogP contribution in [0.4, 0.5) is 0 Å². The molecule has 0 saturated carbocycles. The summed E-state index contributed by atoms with van der Waals surface area (Å²) in [6, 6.07) is 3.27. The minimum absolute atomic E-state index is 0.00263. The molecule has 1 aliphatic rings. The number of nitrogens with zero attached hydrogens (tertiary/aromatic N) is 1. The first-order valence-electron chi connectivity index (χ1n) is 11.3. The number of hydrogen-bond donors (Lipinski definition) is 4. The highest BCUT2D eigenvalue weighted by molar-refractivity contribution is 7.39. The second-order valence-electron chi connectivity index (χ2n) is 9.41. The monoisotopic (exact) mass is 495 g/mol. The molecule has 0 fully saturated rings. The molecule has 1 aliphatic heterocycles. The van der Waals surface area contributed by atoms with Gasteiger partial charge in [-0.1, -0.05) is 33.8 Å². The number of likely N-dealkylation sites (N-methyl/N-ethyl adjacent to an activating group) is 1. The summed E-state index contributed by atoms with van der Waals surface area (Å²) in [4.78, 5) is 62.2. The zero-order valence-electron chi connectivity index (χ0n) is 20.1. The van der Waals surface area contributed by atoms with Crippen LogP contribution < -0.4 is 10.6 Å². The van der Waals surface area contributed by atoms with Gasteiger partial charge in [0.05, 0.1) is 22.7 Å². The van der Waals surface area contributed by atoms with Gasteiger partial charge in [0.1, 0.15) is 11.8 Å². The lowest BCUT2D eigenvalue weighted by Crippen LogP contribution is -2.51. The Labute approximate surface area is 200 Å². The van der Waals surface area contributed by atoms with E-state index in [1.54, 1.807) is 0 Å². The molecule has 1 aromatic rings. The lowest BCUT2D eigenvalue weighted by molar-refractivity contribution is -0.131. The van der Waals surface area contributed by atoms with Crippen LogP contribution in [0.15, 0.2) is 18.2 Å². The number of carbonyl (C=O) groups is 4. The van der Waals surface area contributed by atoms with Gasteiger partial charge in [-0.2, -0.15) is 0 Å². The molecule has 0 aliphatic carbocycles. The van der Waals surface area contributed by atoms with Crippen molar-refractivity contribution < 1.29 is 33.7 Å². The Hall–Kier alpha value is -2.71. The molecule has 0 aromatic heterocycles. The number of aromatic hydroxyl groups is 1. The molecule has 3 unspecified atom stereocenters. The summed E-state index contributed by atoms with van der Waals surface area (Å²) < 4.78 is 12.4. The largest absolute Gasteiger partial charge is 0.507 e. The Bertz CT molecular complexity index is 979. The molecule has 188 valence electrons. The average Bonchev–Trinajstić information content (AvgIpc) is 2.99. The van der Waals surface area contributed by atoms with Gasteiger partial charge in [0.25, 0.3) is 11.8 Å². The summed E-state index contributed by atoms with van der Waals surface area (Å²) in [7, 11) is -1.94. The van der Waals surface area contributed by atoms with Crippen LogP contribution in [0.1, 0.15) is 61.3 Å². The first-order valence-corrected chi connectivity index (χ1v) is 12.7. The fraction of sp³-hybridized carbons (Fsp3) is 0.565. The summed E-state index contributed by atoms with van der Waals surface area (Å²) in [6.07, 6.45) is 0.584. The van der Waals surface area contributed by atoms with E-state index in [2.05, 4.69) is 10.6 Å². The van der Waals surface area contributed by atoms with Gasteiger partial charge >= 0.3 is 0 Å². The van der Waals surface area contributed by atoms with Crippen LogP contribution >= 0.6 is 8.03 Å². The van der Waals surface area contributed by atoms with Crippen molar-refractivity contribution >= 4 is 31.7 Å².